The van der Waals surface area contributed by atoms with Gasteiger partial charge in [0.2, 0.25) is 5.78 Å². The molecule has 0 saturated heterocycles. The number of amides is 1. The Bertz CT molecular complexity index is 1290. The number of nitrogens with one attached hydrogen (secondary N) is 1. The number of thioether (sulfide) groups is 1. The van der Waals surface area contributed by atoms with Crippen molar-refractivity contribution in [2.24, 2.45) is 0 Å². The first-order valence-electron chi connectivity index (χ1n) is 10.6. The molecule has 3 aromatic carbocycles. The number of rotatable bonds is 9. The lowest BCUT2D eigenvalue weighted by Gasteiger charge is -2.13. The van der Waals surface area contributed by atoms with Gasteiger partial charge in [0.05, 0.1) is 10.6 Å². The Kier molecular flexibility index (Phi) is 8.18. The van der Waals surface area contributed by atoms with Crippen LogP contribution in [0.5, 0.6) is 11.5 Å². The predicted molar refractivity (Wildman–Crippen MR) is 137 cm³/mol. The molecule has 1 amide bonds. The van der Waals surface area contributed by atoms with E-state index in [9.17, 15) is 14.4 Å². The van der Waals surface area contributed by atoms with E-state index in [0.29, 0.717) is 23.0 Å². The summed E-state index contributed by atoms with van der Waals surface area (Å²) in [5.41, 5.74) is 0.983. The summed E-state index contributed by atoms with van der Waals surface area (Å²) >= 11 is 4.55. The number of ketones is 2. The molecule has 0 radical (unpaired) electrons. The van der Waals surface area contributed by atoms with Crippen molar-refractivity contribution in [2.45, 2.75) is 11.5 Å². The van der Waals surface area contributed by atoms with Crippen molar-refractivity contribution in [1.82, 2.24) is 5.32 Å². The lowest BCUT2D eigenvalue weighted by atomic mass is 10.1. The van der Waals surface area contributed by atoms with E-state index in [-0.39, 0.29) is 18.1 Å². The van der Waals surface area contributed by atoms with Gasteiger partial charge in [0.15, 0.2) is 12.4 Å². The van der Waals surface area contributed by atoms with Gasteiger partial charge in [-0.2, -0.15) is 0 Å². The van der Waals surface area contributed by atoms with E-state index in [2.05, 4.69) is 21.2 Å². The predicted octanol–water partition coefficient (Wildman–Crippen LogP) is 5.24. The molecule has 0 aromatic heterocycles. The minimum atomic E-state index is -0.542. The quantitative estimate of drug-likeness (QED) is 0.368. The van der Waals surface area contributed by atoms with E-state index < -0.39 is 11.7 Å². The maximum absolute atomic E-state index is 12.4. The van der Waals surface area contributed by atoms with Crippen LogP contribution >= 0.6 is 27.7 Å². The maximum atomic E-state index is 12.4. The zero-order valence-corrected chi connectivity index (χ0v) is 20.8. The first-order chi connectivity index (χ1) is 17.0. The Balaban J connectivity index is 1.25. The number of hydrogen-bond donors (Lipinski definition) is 1. The van der Waals surface area contributed by atoms with Gasteiger partial charge in [-0.05, 0) is 54.1 Å². The number of hydrogen-bond acceptors (Lipinski definition) is 6. The molecule has 0 fully saturated rings. The van der Waals surface area contributed by atoms with Crippen molar-refractivity contribution in [3.8, 4) is 11.5 Å². The van der Waals surface area contributed by atoms with Crippen molar-refractivity contribution in [3.63, 3.8) is 0 Å². The molecular weight excluding hydrogens is 530 g/mol. The Morgan fingerprint density at radius 3 is 2.14 bits per heavy atom. The fourth-order valence-electron chi connectivity index (χ4n) is 3.06. The highest BCUT2D eigenvalue weighted by Gasteiger charge is 2.22. The highest BCUT2D eigenvalue weighted by molar-refractivity contribution is 9.10. The molecular formula is C27H20BrNO5S. The highest BCUT2D eigenvalue weighted by Crippen LogP contribution is 2.30. The number of allylic oxidation sites excluding steroid dienone is 3. The third-order valence-corrected chi connectivity index (χ3v) is 6.38. The molecule has 0 bridgehead atoms. The summed E-state index contributed by atoms with van der Waals surface area (Å²) in [5, 5.41) is 2.45. The second-order valence-corrected chi connectivity index (χ2v) is 9.46. The van der Waals surface area contributed by atoms with Crippen LogP contribution < -0.4 is 14.8 Å². The molecule has 0 saturated carbocycles. The summed E-state index contributed by atoms with van der Waals surface area (Å²) in [6.45, 7) is 0.135. The van der Waals surface area contributed by atoms with Crippen LogP contribution in [0.15, 0.2) is 111 Å². The highest BCUT2D eigenvalue weighted by atomic mass is 79.9. The van der Waals surface area contributed by atoms with Gasteiger partial charge in [0.1, 0.15) is 18.1 Å². The van der Waals surface area contributed by atoms with Gasteiger partial charge >= 0.3 is 0 Å². The minimum Gasteiger partial charge on any atom is -0.489 e. The lowest BCUT2D eigenvalue weighted by molar-refractivity contribution is -0.124. The van der Waals surface area contributed by atoms with Gasteiger partial charge in [-0.1, -0.05) is 58.0 Å². The number of benzene rings is 3. The van der Waals surface area contributed by atoms with Crippen LogP contribution in [-0.2, 0) is 21.0 Å². The van der Waals surface area contributed by atoms with Crippen molar-refractivity contribution >= 4 is 45.2 Å². The van der Waals surface area contributed by atoms with E-state index in [1.807, 2.05) is 54.6 Å². The second-order valence-electron chi connectivity index (χ2n) is 7.43. The lowest BCUT2D eigenvalue weighted by Crippen LogP contribution is -2.33. The normalized spacial score (nSPS) is 13.1. The van der Waals surface area contributed by atoms with Crippen LogP contribution in [0.1, 0.15) is 5.56 Å². The van der Waals surface area contributed by atoms with Gasteiger partial charge in [0, 0.05) is 21.5 Å². The van der Waals surface area contributed by atoms with Gasteiger partial charge in [-0.3, -0.25) is 14.4 Å². The van der Waals surface area contributed by atoms with E-state index in [1.165, 1.54) is 17.8 Å². The summed E-state index contributed by atoms with van der Waals surface area (Å²) in [6, 6.07) is 24.1. The van der Waals surface area contributed by atoms with E-state index in [1.54, 1.807) is 24.3 Å². The van der Waals surface area contributed by atoms with Crippen LogP contribution in [0.3, 0.4) is 0 Å². The third-order valence-electron chi connectivity index (χ3n) is 4.80. The molecule has 0 atom stereocenters. The smallest absolute Gasteiger partial charge is 0.262 e. The molecule has 35 heavy (non-hydrogen) atoms. The fraction of sp³-hybridized carbons (Fsp3) is 0.0741. The van der Waals surface area contributed by atoms with Gasteiger partial charge in [-0.15, -0.1) is 0 Å². The van der Waals surface area contributed by atoms with Crippen LogP contribution in [0.2, 0.25) is 0 Å². The van der Waals surface area contributed by atoms with Gasteiger partial charge < -0.3 is 14.8 Å². The monoisotopic (exact) mass is 549 g/mol. The Morgan fingerprint density at radius 2 is 1.46 bits per heavy atom. The number of carbonyl (C=O) groups excluding carboxylic acids is 3. The second kappa shape index (κ2) is 11.7. The zero-order valence-electron chi connectivity index (χ0n) is 18.4. The van der Waals surface area contributed by atoms with Gasteiger partial charge in [-0.25, -0.2) is 0 Å². The van der Waals surface area contributed by atoms with Crippen LogP contribution in [-0.4, -0.2) is 24.1 Å². The topological polar surface area (TPSA) is 81.7 Å². The van der Waals surface area contributed by atoms with E-state index >= 15 is 0 Å². The molecule has 4 rings (SSSR count). The van der Waals surface area contributed by atoms with Crippen LogP contribution in [0, 0.1) is 0 Å². The number of halogens is 1. The molecule has 1 aliphatic carbocycles. The average molecular weight is 550 g/mol. The Labute approximate surface area is 215 Å². The van der Waals surface area contributed by atoms with Crippen molar-refractivity contribution in [3.05, 3.63) is 112 Å². The number of carbonyl (C=O) groups is 3. The van der Waals surface area contributed by atoms with E-state index in [4.69, 9.17) is 9.47 Å². The summed E-state index contributed by atoms with van der Waals surface area (Å²) in [7, 11) is 0. The SMILES string of the molecule is O=C(COc1ccc(OCc2ccccc2)cc1)NC1=CC(=O)C(Sc2ccc(Br)cc2)=CC1=O. The largest absolute Gasteiger partial charge is 0.489 e. The Morgan fingerprint density at radius 1 is 0.800 bits per heavy atom. The summed E-state index contributed by atoms with van der Waals surface area (Å²) < 4.78 is 12.1. The standard InChI is InChI=1S/C27H20BrNO5S/c28-19-6-12-22(13-7-19)35-26-15-24(30)23(14-25(26)31)29-27(32)17-34-21-10-8-20(9-11-21)33-16-18-4-2-1-3-5-18/h1-15H,16-17H2,(H,29,32). The van der Waals surface area contributed by atoms with Crippen molar-refractivity contribution in [1.29, 1.82) is 0 Å². The van der Waals surface area contributed by atoms with Crippen LogP contribution in [0.25, 0.3) is 0 Å². The van der Waals surface area contributed by atoms with Crippen molar-refractivity contribution in [2.75, 3.05) is 6.61 Å². The first kappa shape index (κ1) is 24.5. The minimum absolute atomic E-state index is 0.0755. The summed E-state index contributed by atoms with van der Waals surface area (Å²) in [6.07, 6.45) is 2.37. The molecule has 0 aliphatic heterocycles. The summed E-state index contributed by atoms with van der Waals surface area (Å²) in [4.78, 5) is 38.2. The molecule has 176 valence electrons. The molecule has 1 aliphatic rings. The third kappa shape index (κ3) is 7.18. The molecule has 0 spiro atoms. The zero-order chi connectivity index (χ0) is 24.6. The first-order valence-corrected chi connectivity index (χ1v) is 12.2. The fourth-order valence-corrected chi connectivity index (χ4v) is 4.17. The molecule has 0 heterocycles. The van der Waals surface area contributed by atoms with Crippen molar-refractivity contribution < 1.29 is 23.9 Å². The average Bonchev–Trinajstić information content (AvgIpc) is 2.87. The van der Waals surface area contributed by atoms with Crippen LogP contribution in [0.4, 0.5) is 0 Å². The number of ether oxygens (including phenoxy) is 2. The molecule has 6 nitrogen and oxygen atoms in total. The van der Waals surface area contributed by atoms with Gasteiger partial charge in [0.25, 0.3) is 5.91 Å². The molecule has 3 aromatic rings. The summed E-state index contributed by atoms with van der Waals surface area (Å²) in [5.74, 6) is -0.192. The molecule has 1 N–H and O–H groups in total. The van der Waals surface area contributed by atoms with E-state index in [0.717, 1.165) is 21.0 Å². The maximum Gasteiger partial charge on any atom is 0.262 e. The molecule has 8 heteroatoms. The molecule has 0 unspecified atom stereocenters. The Hall–Kier alpha value is -3.62.